The Bertz CT molecular complexity index is 338. The summed E-state index contributed by atoms with van der Waals surface area (Å²) >= 11 is 3.52. The minimum absolute atomic E-state index is 0.205. The smallest absolute Gasteiger partial charge is 0.201 e. The van der Waals surface area contributed by atoms with Crippen LogP contribution >= 0.6 is 15.9 Å². The first-order valence-electron chi connectivity index (χ1n) is 6.70. The molecular weight excluding hydrogens is 316 g/mol. The molecule has 1 atom stereocenters. The molecule has 1 aliphatic heterocycles. The highest BCUT2D eigenvalue weighted by atomic mass is 79.9. The monoisotopic (exact) mass is 340 g/mol. The molecule has 6 heteroatoms. The molecule has 1 rings (SSSR count). The molecule has 0 aromatic carbocycles. The number of nitrogens with one attached hydrogen (secondary N) is 1. The molecule has 0 amide bonds. The van der Waals surface area contributed by atoms with Gasteiger partial charge in [0, 0.05) is 24.5 Å². The second kappa shape index (κ2) is 7.22. The number of rotatable bonds is 6. The Morgan fingerprint density at radius 1 is 1.33 bits per heavy atom. The van der Waals surface area contributed by atoms with Crippen LogP contribution in [0.25, 0.3) is 0 Å². The Kier molecular flexibility index (Phi) is 6.58. The maximum Gasteiger partial charge on any atom is 0.279 e. The first-order chi connectivity index (χ1) is 8.31. The van der Waals surface area contributed by atoms with Crippen LogP contribution in [-0.2, 0) is 10.2 Å². The van der Waals surface area contributed by atoms with Crippen LogP contribution in [0.15, 0.2) is 0 Å². The van der Waals surface area contributed by atoms with Crippen molar-refractivity contribution in [3.63, 3.8) is 0 Å². The summed E-state index contributed by atoms with van der Waals surface area (Å²) in [4.78, 5) is 0.205. The molecule has 1 heterocycles. The van der Waals surface area contributed by atoms with Crippen molar-refractivity contribution in [3.8, 4) is 0 Å². The molecule has 18 heavy (non-hydrogen) atoms. The number of hydrogen-bond acceptors (Lipinski definition) is 2. The van der Waals surface area contributed by atoms with Gasteiger partial charge in [0.25, 0.3) is 10.2 Å². The predicted molar refractivity (Wildman–Crippen MR) is 79.1 cm³/mol. The summed E-state index contributed by atoms with van der Waals surface area (Å²) in [5, 5.41) is 0. The van der Waals surface area contributed by atoms with Gasteiger partial charge in [0.2, 0.25) is 0 Å². The van der Waals surface area contributed by atoms with Gasteiger partial charge in [0.05, 0.1) is 0 Å². The highest BCUT2D eigenvalue weighted by Crippen LogP contribution is 2.18. The van der Waals surface area contributed by atoms with Crippen molar-refractivity contribution in [2.24, 2.45) is 11.8 Å². The van der Waals surface area contributed by atoms with Crippen molar-refractivity contribution in [3.05, 3.63) is 0 Å². The molecule has 1 aliphatic rings. The van der Waals surface area contributed by atoms with E-state index in [1.54, 1.807) is 4.31 Å². The van der Waals surface area contributed by atoms with Crippen LogP contribution in [-0.4, -0.2) is 37.2 Å². The minimum atomic E-state index is -3.28. The molecule has 1 unspecified atom stereocenters. The molecular formula is C12H25BrN2O2S. The Balaban J connectivity index is 2.40. The SMILES string of the molecule is CC(C)CC(Br)CNS(=O)(=O)N1CCC(C)CC1. The Hall–Kier alpha value is 0.350. The zero-order valence-electron chi connectivity index (χ0n) is 11.5. The lowest BCUT2D eigenvalue weighted by Crippen LogP contribution is -2.46. The molecule has 1 N–H and O–H groups in total. The fourth-order valence-electron chi connectivity index (χ4n) is 2.11. The summed E-state index contributed by atoms with van der Waals surface area (Å²) in [6.45, 7) is 8.20. The standard InChI is InChI=1S/C12H25BrN2O2S/c1-10(2)8-12(13)9-14-18(16,17)15-6-4-11(3)5-7-15/h10-12,14H,4-9H2,1-3H3. The van der Waals surface area contributed by atoms with E-state index in [0.717, 1.165) is 19.3 Å². The normalized spacial score (nSPS) is 21.4. The zero-order valence-corrected chi connectivity index (χ0v) is 13.9. The van der Waals surface area contributed by atoms with Gasteiger partial charge in [-0.1, -0.05) is 36.7 Å². The zero-order chi connectivity index (χ0) is 13.8. The van der Waals surface area contributed by atoms with E-state index < -0.39 is 10.2 Å². The van der Waals surface area contributed by atoms with Gasteiger partial charge in [0.1, 0.15) is 0 Å². The Morgan fingerprint density at radius 2 is 1.89 bits per heavy atom. The lowest BCUT2D eigenvalue weighted by atomic mass is 10.0. The van der Waals surface area contributed by atoms with Crippen LogP contribution in [0.1, 0.15) is 40.0 Å². The number of halogens is 1. The molecule has 0 bridgehead atoms. The van der Waals surface area contributed by atoms with Crippen LogP contribution in [0.5, 0.6) is 0 Å². The van der Waals surface area contributed by atoms with E-state index in [4.69, 9.17) is 0 Å². The van der Waals surface area contributed by atoms with E-state index in [-0.39, 0.29) is 4.83 Å². The van der Waals surface area contributed by atoms with Crippen molar-refractivity contribution >= 4 is 26.1 Å². The molecule has 0 aromatic rings. The summed E-state index contributed by atoms with van der Waals surface area (Å²) in [6, 6.07) is 0. The van der Waals surface area contributed by atoms with Gasteiger partial charge in [-0.25, -0.2) is 4.72 Å². The molecule has 1 fully saturated rings. The van der Waals surface area contributed by atoms with Crippen molar-refractivity contribution < 1.29 is 8.42 Å². The molecule has 0 radical (unpaired) electrons. The first kappa shape index (κ1) is 16.4. The van der Waals surface area contributed by atoms with Gasteiger partial charge in [-0.2, -0.15) is 12.7 Å². The van der Waals surface area contributed by atoms with Gasteiger partial charge < -0.3 is 0 Å². The third kappa shape index (κ3) is 5.55. The van der Waals surface area contributed by atoms with Crippen molar-refractivity contribution in [2.75, 3.05) is 19.6 Å². The van der Waals surface area contributed by atoms with Crippen molar-refractivity contribution in [1.82, 2.24) is 9.03 Å². The van der Waals surface area contributed by atoms with E-state index in [0.29, 0.717) is 31.5 Å². The first-order valence-corrected chi connectivity index (χ1v) is 9.05. The van der Waals surface area contributed by atoms with Crippen LogP contribution in [0.4, 0.5) is 0 Å². The fraction of sp³-hybridized carbons (Fsp3) is 1.00. The quantitative estimate of drug-likeness (QED) is 0.754. The number of hydrogen-bond donors (Lipinski definition) is 1. The van der Waals surface area contributed by atoms with Gasteiger partial charge in [0.15, 0.2) is 0 Å². The summed E-state index contributed by atoms with van der Waals surface area (Å²) in [5.74, 6) is 1.20. The van der Waals surface area contributed by atoms with Crippen molar-refractivity contribution in [1.29, 1.82) is 0 Å². The highest BCUT2D eigenvalue weighted by Gasteiger charge is 2.26. The van der Waals surface area contributed by atoms with Gasteiger partial charge in [-0.3, -0.25) is 0 Å². The van der Waals surface area contributed by atoms with Gasteiger partial charge in [-0.15, -0.1) is 0 Å². The molecule has 0 aromatic heterocycles. The minimum Gasteiger partial charge on any atom is -0.201 e. The molecule has 4 nitrogen and oxygen atoms in total. The third-order valence-electron chi connectivity index (χ3n) is 3.30. The van der Waals surface area contributed by atoms with Gasteiger partial charge >= 0.3 is 0 Å². The number of nitrogens with zero attached hydrogens (tertiary/aromatic N) is 1. The largest absolute Gasteiger partial charge is 0.279 e. The molecule has 0 aliphatic carbocycles. The number of alkyl halides is 1. The van der Waals surface area contributed by atoms with E-state index >= 15 is 0 Å². The van der Waals surface area contributed by atoms with E-state index in [1.165, 1.54) is 0 Å². The average Bonchev–Trinajstić information content (AvgIpc) is 2.26. The number of piperidine rings is 1. The summed E-state index contributed by atoms with van der Waals surface area (Å²) in [7, 11) is -3.28. The second-order valence-corrected chi connectivity index (χ2v) is 8.71. The molecule has 0 spiro atoms. The fourth-order valence-corrected chi connectivity index (χ4v) is 4.52. The lowest BCUT2D eigenvalue weighted by Gasteiger charge is -2.29. The topological polar surface area (TPSA) is 49.4 Å². The van der Waals surface area contributed by atoms with E-state index in [2.05, 4.69) is 41.4 Å². The van der Waals surface area contributed by atoms with Gasteiger partial charge in [-0.05, 0) is 31.1 Å². The summed E-state index contributed by atoms with van der Waals surface area (Å²) < 4.78 is 28.4. The Labute approximate surface area is 120 Å². The molecule has 1 saturated heterocycles. The second-order valence-electron chi connectivity index (χ2n) is 5.66. The maximum absolute atomic E-state index is 12.1. The Morgan fingerprint density at radius 3 is 2.39 bits per heavy atom. The summed E-state index contributed by atoms with van der Waals surface area (Å²) in [5.41, 5.74) is 0. The van der Waals surface area contributed by atoms with Crippen LogP contribution in [0.2, 0.25) is 0 Å². The van der Waals surface area contributed by atoms with Crippen LogP contribution in [0.3, 0.4) is 0 Å². The maximum atomic E-state index is 12.1. The van der Waals surface area contributed by atoms with E-state index in [1.807, 2.05) is 0 Å². The van der Waals surface area contributed by atoms with E-state index in [9.17, 15) is 8.42 Å². The third-order valence-corrected chi connectivity index (χ3v) is 5.57. The van der Waals surface area contributed by atoms with Crippen LogP contribution < -0.4 is 4.72 Å². The van der Waals surface area contributed by atoms with Crippen molar-refractivity contribution in [2.45, 2.75) is 44.9 Å². The summed E-state index contributed by atoms with van der Waals surface area (Å²) in [6.07, 6.45) is 2.90. The predicted octanol–water partition coefficient (Wildman–Crippen LogP) is 2.36. The lowest BCUT2D eigenvalue weighted by molar-refractivity contribution is 0.285. The molecule has 108 valence electrons. The van der Waals surface area contributed by atoms with Crippen LogP contribution in [0, 0.1) is 11.8 Å². The molecule has 0 saturated carbocycles. The average molecular weight is 341 g/mol. The highest BCUT2D eigenvalue weighted by molar-refractivity contribution is 9.09.